The van der Waals surface area contributed by atoms with Crippen LogP contribution in [0.1, 0.15) is 20.7 Å². The molecule has 2 aromatic heterocycles. The van der Waals surface area contributed by atoms with E-state index in [1.807, 2.05) is 12.5 Å². The van der Waals surface area contributed by atoms with E-state index < -0.39 is 11.9 Å². The highest BCUT2D eigenvalue weighted by molar-refractivity contribution is 7.98. The minimum Gasteiger partial charge on any atom is -0.478 e. The van der Waals surface area contributed by atoms with Gasteiger partial charge in [0.25, 0.3) is 0 Å². The molecule has 180 valence electrons. The lowest BCUT2D eigenvalue weighted by molar-refractivity contribution is 0.0390. The van der Waals surface area contributed by atoms with E-state index in [9.17, 15) is 9.59 Å². The van der Waals surface area contributed by atoms with Crippen LogP contribution in [-0.4, -0.2) is 69.8 Å². The second-order valence-electron chi connectivity index (χ2n) is 6.56. The summed E-state index contributed by atoms with van der Waals surface area (Å²) in [4.78, 5) is 37.6. The summed E-state index contributed by atoms with van der Waals surface area (Å²) in [7, 11) is 1.54. The van der Waals surface area contributed by atoms with Gasteiger partial charge in [0.05, 0.1) is 27.7 Å². The van der Waals surface area contributed by atoms with Crippen molar-refractivity contribution in [3.05, 3.63) is 45.4 Å². The molecular weight excluding hydrogens is 523 g/mol. The van der Waals surface area contributed by atoms with Gasteiger partial charge in [0.15, 0.2) is 10.3 Å². The summed E-state index contributed by atoms with van der Waals surface area (Å²) >= 11 is 14.8. The maximum absolute atomic E-state index is 12.0. The molecule has 0 amide bonds. The lowest BCUT2D eigenvalue weighted by Crippen LogP contribution is -2.11. The number of imidazole rings is 2. The predicted molar refractivity (Wildman–Crippen MR) is 135 cm³/mol. The number of hydrogen-bond acceptors (Lipinski definition) is 8. The molecular formula is C21H20Cl2N4O5S2. The van der Waals surface area contributed by atoms with Crippen molar-refractivity contribution in [1.82, 2.24) is 19.9 Å². The normalized spacial score (nSPS) is 10.9. The molecule has 4 aromatic rings. The highest BCUT2D eigenvalue weighted by atomic mass is 35.5. The largest absolute Gasteiger partial charge is 0.478 e. The zero-order valence-corrected chi connectivity index (χ0v) is 21.4. The lowest BCUT2D eigenvalue weighted by atomic mass is 10.2. The number of methoxy groups -OCH3 is 1. The van der Waals surface area contributed by atoms with E-state index in [2.05, 4.69) is 19.9 Å². The number of carboxylic acids is 1. The molecule has 4 rings (SSSR count). The number of ether oxygens (including phenoxy) is 2. The fourth-order valence-corrected chi connectivity index (χ4v) is 4.19. The van der Waals surface area contributed by atoms with Gasteiger partial charge in [-0.2, -0.15) is 0 Å². The molecule has 0 radical (unpaired) electrons. The van der Waals surface area contributed by atoms with Gasteiger partial charge in [-0.1, -0.05) is 46.7 Å². The number of rotatable bonds is 7. The van der Waals surface area contributed by atoms with Crippen molar-refractivity contribution < 1.29 is 24.2 Å². The Balaban J connectivity index is 0.000000196. The molecule has 0 aliphatic heterocycles. The van der Waals surface area contributed by atoms with Gasteiger partial charge in [-0.25, -0.2) is 19.6 Å². The second-order valence-corrected chi connectivity index (χ2v) is 8.97. The van der Waals surface area contributed by atoms with Crippen LogP contribution in [0.2, 0.25) is 10.0 Å². The van der Waals surface area contributed by atoms with Crippen LogP contribution in [-0.2, 0) is 9.47 Å². The fourth-order valence-electron chi connectivity index (χ4n) is 2.94. The monoisotopic (exact) mass is 542 g/mol. The van der Waals surface area contributed by atoms with Crippen molar-refractivity contribution in [3.8, 4) is 0 Å². The number of carbonyl (C=O) groups is 2. The number of esters is 1. The molecule has 0 bridgehead atoms. The van der Waals surface area contributed by atoms with Crippen LogP contribution < -0.4 is 0 Å². The average Bonchev–Trinajstić information content (AvgIpc) is 3.42. The van der Waals surface area contributed by atoms with Crippen LogP contribution in [0.4, 0.5) is 0 Å². The van der Waals surface area contributed by atoms with Crippen molar-refractivity contribution in [2.24, 2.45) is 0 Å². The average molecular weight is 543 g/mol. The van der Waals surface area contributed by atoms with Gasteiger partial charge in [-0.05, 0) is 36.8 Å². The Morgan fingerprint density at radius 2 is 1.41 bits per heavy atom. The van der Waals surface area contributed by atoms with Gasteiger partial charge in [0.1, 0.15) is 28.8 Å². The van der Waals surface area contributed by atoms with E-state index in [-0.39, 0.29) is 22.8 Å². The lowest BCUT2D eigenvalue weighted by Gasteiger charge is -2.06. The van der Waals surface area contributed by atoms with E-state index in [1.54, 1.807) is 31.4 Å². The van der Waals surface area contributed by atoms with Gasteiger partial charge in [-0.15, -0.1) is 0 Å². The Labute approximate surface area is 212 Å². The third-order valence-corrected chi connectivity index (χ3v) is 6.28. The van der Waals surface area contributed by atoms with Gasteiger partial charge < -0.3 is 24.5 Å². The Hall–Kier alpha value is -2.44. The summed E-state index contributed by atoms with van der Waals surface area (Å²) in [5, 5.41) is 10.9. The second kappa shape index (κ2) is 11.8. The number of nitrogens with one attached hydrogen (secondary N) is 2. The summed E-state index contributed by atoms with van der Waals surface area (Å²) in [6.07, 6.45) is 3.76. The summed E-state index contributed by atoms with van der Waals surface area (Å²) in [5.74, 6) is -1.56. The topological polar surface area (TPSA) is 130 Å². The van der Waals surface area contributed by atoms with Crippen LogP contribution in [0.25, 0.3) is 22.1 Å². The number of nitrogens with zero attached hydrogens (tertiary/aromatic N) is 2. The zero-order valence-electron chi connectivity index (χ0n) is 18.3. The number of carboxylic acid groups (broad SMARTS) is 1. The maximum atomic E-state index is 12.0. The number of aromatic carboxylic acids is 1. The molecule has 0 atom stereocenters. The number of fused-ring (bicyclic) bond motifs is 2. The number of benzene rings is 2. The van der Waals surface area contributed by atoms with Crippen molar-refractivity contribution in [3.63, 3.8) is 0 Å². The van der Waals surface area contributed by atoms with Crippen LogP contribution in [0.5, 0.6) is 0 Å². The molecule has 0 aliphatic rings. The number of thioether (sulfide) groups is 2. The first-order valence-corrected chi connectivity index (χ1v) is 12.8. The summed E-state index contributed by atoms with van der Waals surface area (Å²) < 4.78 is 9.92. The standard InChI is InChI=1S/C12H13ClN2O3S.C9H7ClN2O2S/c1-17-5-6-18-11(16)9-7(13)3-4-8-10(9)15-12(14-8)19-2;1-15-9-11-5-3-2-4(10)6(8(13)14)7(5)12-9/h3-4H,5-6H2,1-2H3,(H,14,15);2-3H,1H3,(H,11,12)(H,13,14). The molecule has 3 N–H and O–H groups in total. The van der Waals surface area contributed by atoms with E-state index in [4.69, 9.17) is 37.8 Å². The van der Waals surface area contributed by atoms with Crippen molar-refractivity contribution >= 4 is 80.7 Å². The first-order valence-electron chi connectivity index (χ1n) is 9.64. The Bertz CT molecular complexity index is 1340. The van der Waals surface area contributed by atoms with E-state index in [0.717, 1.165) is 10.7 Å². The third-order valence-electron chi connectivity index (χ3n) is 4.49. The third kappa shape index (κ3) is 5.78. The van der Waals surface area contributed by atoms with E-state index in [1.165, 1.54) is 23.5 Å². The molecule has 0 saturated carbocycles. The smallest absolute Gasteiger partial charge is 0.342 e. The first kappa shape index (κ1) is 26.2. The molecule has 0 unspecified atom stereocenters. The molecule has 13 heteroatoms. The summed E-state index contributed by atoms with van der Waals surface area (Å²) in [5.41, 5.74) is 2.70. The molecule has 0 spiro atoms. The highest BCUT2D eigenvalue weighted by Crippen LogP contribution is 2.28. The summed E-state index contributed by atoms with van der Waals surface area (Å²) in [6, 6.07) is 6.71. The van der Waals surface area contributed by atoms with Crippen LogP contribution in [0, 0.1) is 0 Å². The van der Waals surface area contributed by atoms with E-state index >= 15 is 0 Å². The number of halogens is 2. The van der Waals surface area contributed by atoms with Crippen LogP contribution >= 0.6 is 46.7 Å². The van der Waals surface area contributed by atoms with Gasteiger partial charge in [0, 0.05) is 7.11 Å². The highest BCUT2D eigenvalue weighted by Gasteiger charge is 2.19. The van der Waals surface area contributed by atoms with Gasteiger partial charge >= 0.3 is 11.9 Å². The molecule has 34 heavy (non-hydrogen) atoms. The predicted octanol–water partition coefficient (Wildman–Crippen LogP) is 5.38. The first-order chi connectivity index (χ1) is 16.3. The van der Waals surface area contributed by atoms with Crippen LogP contribution in [0.3, 0.4) is 0 Å². The summed E-state index contributed by atoms with van der Waals surface area (Å²) in [6.45, 7) is 0.526. The number of hydrogen-bond donors (Lipinski definition) is 3. The van der Waals surface area contributed by atoms with Gasteiger partial charge in [-0.3, -0.25) is 0 Å². The molecule has 9 nitrogen and oxygen atoms in total. The fraction of sp³-hybridized carbons (Fsp3) is 0.238. The minimum absolute atomic E-state index is 0.0470. The van der Waals surface area contributed by atoms with E-state index in [0.29, 0.717) is 33.3 Å². The molecule has 2 aromatic carbocycles. The maximum Gasteiger partial charge on any atom is 0.342 e. The number of aromatic nitrogens is 4. The Kier molecular flexibility index (Phi) is 9.09. The van der Waals surface area contributed by atoms with Crippen LogP contribution in [0.15, 0.2) is 34.6 Å². The van der Waals surface area contributed by atoms with Crippen molar-refractivity contribution in [2.75, 3.05) is 32.8 Å². The van der Waals surface area contributed by atoms with Gasteiger partial charge in [0.2, 0.25) is 0 Å². The van der Waals surface area contributed by atoms with Crippen molar-refractivity contribution in [2.45, 2.75) is 10.3 Å². The molecule has 2 heterocycles. The Morgan fingerprint density at radius 1 is 0.912 bits per heavy atom. The number of H-pyrrole nitrogens is 2. The minimum atomic E-state index is -1.07. The number of aromatic amines is 2. The SMILES string of the molecule is COCCOC(=O)c1c(Cl)ccc2[nH]c(SC)nc12.CSc1nc2c(C(=O)O)c(Cl)ccc2[nH]1. The quantitative estimate of drug-likeness (QED) is 0.160. The molecule has 0 fully saturated rings. The van der Waals surface area contributed by atoms with Crippen molar-refractivity contribution in [1.29, 1.82) is 0 Å². The molecule has 0 saturated heterocycles. The Morgan fingerprint density at radius 3 is 1.88 bits per heavy atom. The number of carbonyl (C=O) groups excluding carboxylic acids is 1. The molecule has 0 aliphatic carbocycles. The zero-order chi connectivity index (χ0) is 24.8.